The summed E-state index contributed by atoms with van der Waals surface area (Å²) in [5.74, 6) is 0. The molecule has 0 bridgehead atoms. The quantitative estimate of drug-likeness (QED) is 0.788. The fourth-order valence-electron chi connectivity index (χ4n) is 2.28. The molecule has 1 heterocycles. The second kappa shape index (κ2) is 4.97. The fraction of sp³-hybridized carbons (Fsp3) is 0.700. The van der Waals surface area contributed by atoms with E-state index >= 15 is 0 Å². The number of hydrogen-bond donors (Lipinski definition) is 0. The van der Waals surface area contributed by atoms with Gasteiger partial charge >= 0.3 is 6.18 Å². The molecule has 1 aromatic heterocycles. The van der Waals surface area contributed by atoms with Crippen molar-refractivity contribution in [3.8, 4) is 0 Å². The molecule has 19 heavy (non-hydrogen) atoms. The van der Waals surface area contributed by atoms with Crippen molar-refractivity contribution in [1.82, 2.24) is 9.78 Å². The third-order valence-corrected chi connectivity index (χ3v) is 5.37. The molecule has 2 rings (SSSR count). The van der Waals surface area contributed by atoms with E-state index in [1.807, 2.05) is 0 Å². The summed E-state index contributed by atoms with van der Waals surface area (Å²) in [5.41, 5.74) is -0.792. The largest absolute Gasteiger partial charge is 0.419 e. The van der Waals surface area contributed by atoms with Crippen LogP contribution in [-0.2, 0) is 15.2 Å². The molecule has 1 aliphatic carbocycles. The first-order valence-corrected chi connectivity index (χ1v) is 8.10. The lowest BCUT2D eigenvalue weighted by molar-refractivity contribution is -0.137. The molecule has 0 atom stereocenters. The Balaban J connectivity index is 2.04. The van der Waals surface area contributed by atoms with Gasteiger partial charge in [0, 0.05) is 16.9 Å². The van der Waals surface area contributed by atoms with E-state index < -0.39 is 26.0 Å². The minimum Gasteiger partial charge on any atom is -0.269 e. The van der Waals surface area contributed by atoms with Crippen LogP contribution >= 0.6 is 10.7 Å². The average Bonchev–Trinajstić information content (AvgIpc) is 2.77. The number of alkyl halides is 3. The van der Waals surface area contributed by atoms with Crippen molar-refractivity contribution < 1.29 is 21.6 Å². The Morgan fingerprint density at radius 1 is 1.26 bits per heavy atom. The van der Waals surface area contributed by atoms with Gasteiger partial charge in [0.2, 0.25) is 9.05 Å². The maximum absolute atomic E-state index is 12.4. The smallest absolute Gasteiger partial charge is 0.269 e. The van der Waals surface area contributed by atoms with E-state index in [9.17, 15) is 21.6 Å². The Kier molecular flexibility index (Phi) is 3.83. The van der Waals surface area contributed by atoms with Crippen molar-refractivity contribution >= 4 is 19.7 Å². The van der Waals surface area contributed by atoms with E-state index in [0.29, 0.717) is 25.7 Å². The molecule has 0 saturated heterocycles. The van der Waals surface area contributed by atoms with E-state index in [0.717, 1.165) is 12.4 Å². The molecule has 1 aliphatic rings. The number of nitrogens with zero attached hydrogens (tertiary/aromatic N) is 2. The molecule has 1 aromatic rings. The second-order valence-corrected chi connectivity index (χ2v) is 7.52. The van der Waals surface area contributed by atoms with Crippen LogP contribution in [0.25, 0.3) is 0 Å². The van der Waals surface area contributed by atoms with Crippen molar-refractivity contribution in [3.63, 3.8) is 0 Å². The molecule has 0 spiro atoms. The molecule has 9 heteroatoms. The van der Waals surface area contributed by atoms with Gasteiger partial charge in [-0.05, 0) is 25.7 Å². The molecule has 0 aliphatic heterocycles. The topological polar surface area (TPSA) is 52.0 Å². The number of rotatable bonds is 2. The molecule has 0 amide bonds. The van der Waals surface area contributed by atoms with Gasteiger partial charge in [0.15, 0.2) is 0 Å². The average molecular weight is 317 g/mol. The van der Waals surface area contributed by atoms with E-state index in [1.54, 1.807) is 0 Å². The summed E-state index contributed by atoms with van der Waals surface area (Å²) in [5, 5.41) is 3.10. The molecule has 1 fully saturated rings. The van der Waals surface area contributed by atoms with Crippen LogP contribution in [0.1, 0.15) is 37.3 Å². The van der Waals surface area contributed by atoms with Crippen LogP contribution in [0.15, 0.2) is 12.4 Å². The van der Waals surface area contributed by atoms with Crippen molar-refractivity contribution in [3.05, 3.63) is 18.0 Å². The Hall–Kier alpha value is -0.760. The van der Waals surface area contributed by atoms with Gasteiger partial charge in [0.1, 0.15) is 0 Å². The molecule has 4 nitrogen and oxygen atoms in total. The molecular weight excluding hydrogens is 305 g/mol. The fourth-order valence-corrected chi connectivity index (χ4v) is 3.65. The lowest BCUT2D eigenvalue weighted by atomic mass is 9.95. The number of aromatic nitrogens is 2. The molecule has 0 unspecified atom stereocenters. The Morgan fingerprint density at radius 3 is 2.26 bits per heavy atom. The summed E-state index contributed by atoms with van der Waals surface area (Å²) in [4.78, 5) is 0. The maximum Gasteiger partial charge on any atom is 0.419 e. The van der Waals surface area contributed by atoms with Crippen LogP contribution in [0, 0.1) is 0 Å². The minimum atomic E-state index is -4.41. The first-order valence-electron chi connectivity index (χ1n) is 5.73. The molecule has 0 N–H and O–H groups in total. The molecule has 108 valence electrons. The zero-order chi connectivity index (χ0) is 14.3. The normalized spacial score (nSPS) is 25.5. The third kappa shape index (κ3) is 3.42. The van der Waals surface area contributed by atoms with Gasteiger partial charge in [-0.15, -0.1) is 0 Å². The monoisotopic (exact) mass is 316 g/mol. The van der Waals surface area contributed by atoms with Gasteiger partial charge in [0.05, 0.1) is 23.1 Å². The van der Waals surface area contributed by atoms with E-state index in [1.165, 1.54) is 4.68 Å². The van der Waals surface area contributed by atoms with Gasteiger partial charge in [-0.25, -0.2) is 8.42 Å². The van der Waals surface area contributed by atoms with Gasteiger partial charge in [0.25, 0.3) is 0 Å². The van der Waals surface area contributed by atoms with E-state index in [-0.39, 0.29) is 6.04 Å². The van der Waals surface area contributed by atoms with Gasteiger partial charge in [-0.2, -0.15) is 18.3 Å². The van der Waals surface area contributed by atoms with Crippen LogP contribution in [0.5, 0.6) is 0 Å². The number of hydrogen-bond acceptors (Lipinski definition) is 3. The Bertz CT molecular complexity index is 547. The minimum absolute atomic E-state index is 0.203. The lowest BCUT2D eigenvalue weighted by Gasteiger charge is -2.26. The van der Waals surface area contributed by atoms with Crippen LogP contribution in [0.3, 0.4) is 0 Å². The first-order chi connectivity index (χ1) is 8.68. The summed E-state index contributed by atoms with van der Waals surface area (Å²) in [6, 6.07) is -0.203. The molecule has 1 saturated carbocycles. The Labute approximate surface area is 113 Å². The SMILES string of the molecule is O=S(=O)(Cl)C1CCC(n2cc(C(F)(F)F)cn2)CC1. The summed E-state index contributed by atoms with van der Waals surface area (Å²) in [7, 11) is 1.68. The Morgan fingerprint density at radius 2 is 1.84 bits per heavy atom. The highest BCUT2D eigenvalue weighted by Gasteiger charge is 2.34. The van der Waals surface area contributed by atoms with Crippen molar-refractivity contribution in [2.24, 2.45) is 0 Å². The lowest BCUT2D eigenvalue weighted by Crippen LogP contribution is -2.25. The van der Waals surface area contributed by atoms with Crippen molar-refractivity contribution in [2.75, 3.05) is 0 Å². The third-order valence-electron chi connectivity index (χ3n) is 3.34. The first kappa shape index (κ1) is 14.6. The maximum atomic E-state index is 12.4. The van der Waals surface area contributed by atoms with Gasteiger partial charge in [-0.3, -0.25) is 4.68 Å². The molecule has 0 aromatic carbocycles. The molecule has 0 radical (unpaired) electrons. The summed E-state index contributed by atoms with van der Waals surface area (Å²) in [6.07, 6.45) is -1.07. The van der Waals surface area contributed by atoms with Gasteiger partial charge in [-0.1, -0.05) is 0 Å². The van der Waals surface area contributed by atoms with E-state index in [2.05, 4.69) is 5.10 Å². The highest BCUT2D eigenvalue weighted by atomic mass is 35.7. The zero-order valence-corrected chi connectivity index (χ0v) is 11.3. The highest BCUT2D eigenvalue weighted by Crippen LogP contribution is 2.34. The van der Waals surface area contributed by atoms with Gasteiger partial charge < -0.3 is 0 Å². The van der Waals surface area contributed by atoms with Crippen molar-refractivity contribution in [1.29, 1.82) is 0 Å². The molecular formula is C10H12ClF3N2O2S. The highest BCUT2D eigenvalue weighted by molar-refractivity contribution is 8.14. The predicted octanol–water partition coefficient (Wildman–Crippen LogP) is 2.95. The summed E-state index contributed by atoms with van der Waals surface area (Å²) < 4.78 is 60.9. The van der Waals surface area contributed by atoms with Crippen LogP contribution in [0.4, 0.5) is 13.2 Å². The number of halogens is 4. The van der Waals surface area contributed by atoms with E-state index in [4.69, 9.17) is 10.7 Å². The summed E-state index contributed by atoms with van der Waals surface area (Å²) >= 11 is 0. The van der Waals surface area contributed by atoms with Crippen LogP contribution < -0.4 is 0 Å². The summed E-state index contributed by atoms with van der Waals surface area (Å²) in [6.45, 7) is 0. The standard InChI is InChI=1S/C10H12ClF3N2O2S/c11-19(17,18)9-3-1-8(2-4-9)16-6-7(5-15-16)10(12,13)14/h5-6,8-9H,1-4H2. The predicted molar refractivity (Wildman–Crippen MR) is 63.3 cm³/mol. The second-order valence-electron chi connectivity index (χ2n) is 4.61. The van der Waals surface area contributed by atoms with Crippen LogP contribution in [-0.4, -0.2) is 23.4 Å². The van der Waals surface area contributed by atoms with Crippen molar-refractivity contribution in [2.45, 2.75) is 43.2 Å². The zero-order valence-electron chi connectivity index (χ0n) is 9.77. The van der Waals surface area contributed by atoms with Crippen LogP contribution in [0.2, 0.25) is 0 Å².